The van der Waals surface area contributed by atoms with Crippen LogP contribution in [0.1, 0.15) is 24.3 Å². The Morgan fingerprint density at radius 2 is 1.89 bits per heavy atom. The van der Waals surface area contributed by atoms with Gasteiger partial charge in [0.25, 0.3) is 5.56 Å². The molecule has 1 aromatic carbocycles. The third-order valence-electron chi connectivity index (χ3n) is 3.96. The van der Waals surface area contributed by atoms with Crippen LogP contribution in [0.25, 0.3) is 10.9 Å². The summed E-state index contributed by atoms with van der Waals surface area (Å²) in [6.45, 7) is 2.19. The van der Waals surface area contributed by atoms with Gasteiger partial charge in [0, 0.05) is 13.1 Å². The SMILES string of the molecule is Cn1c(=O)ccc2ccc(C3CCNCC3)cc21. The Morgan fingerprint density at radius 3 is 2.67 bits per heavy atom. The molecule has 0 unspecified atom stereocenters. The fourth-order valence-corrected chi connectivity index (χ4v) is 2.79. The molecule has 0 atom stereocenters. The summed E-state index contributed by atoms with van der Waals surface area (Å²) in [6, 6.07) is 10.1. The van der Waals surface area contributed by atoms with Crippen LogP contribution >= 0.6 is 0 Å². The predicted molar refractivity (Wildman–Crippen MR) is 74.0 cm³/mol. The zero-order chi connectivity index (χ0) is 12.5. The smallest absolute Gasteiger partial charge is 0.250 e. The van der Waals surface area contributed by atoms with Crippen LogP contribution in [0.3, 0.4) is 0 Å². The van der Waals surface area contributed by atoms with Crippen molar-refractivity contribution in [3.63, 3.8) is 0 Å². The molecule has 0 bridgehead atoms. The number of nitrogens with zero attached hydrogens (tertiary/aromatic N) is 1. The van der Waals surface area contributed by atoms with Gasteiger partial charge in [0.15, 0.2) is 0 Å². The lowest BCUT2D eigenvalue weighted by Crippen LogP contribution is -2.26. The Balaban J connectivity index is 2.09. The minimum absolute atomic E-state index is 0.0601. The Kier molecular flexibility index (Phi) is 2.92. The summed E-state index contributed by atoms with van der Waals surface area (Å²) in [6.07, 6.45) is 2.37. The maximum absolute atomic E-state index is 11.7. The van der Waals surface area contributed by atoms with Crippen molar-refractivity contribution >= 4 is 10.9 Å². The van der Waals surface area contributed by atoms with Gasteiger partial charge in [0.2, 0.25) is 0 Å². The third-order valence-corrected chi connectivity index (χ3v) is 3.96. The molecule has 0 radical (unpaired) electrons. The van der Waals surface area contributed by atoms with Gasteiger partial charge >= 0.3 is 0 Å². The van der Waals surface area contributed by atoms with Crippen LogP contribution in [-0.2, 0) is 7.05 Å². The minimum atomic E-state index is 0.0601. The Bertz CT molecular complexity index is 624. The fraction of sp³-hybridized carbons (Fsp3) is 0.400. The van der Waals surface area contributed by atoms with Gasteiger partial charge in [-0.05, 0) is 54.9 Å². The molecule has 1 aromatic heterocycles. The van der Waals surface area contributed by atoms with Gasteiger partial charge < -0.3 is 9.88 Å². The summed E-state index contributed by atoms with van der Waals surface area (Å²) in [5.74, 6) is 0.631. The first kappa shape index (κ1) is 11.5. The normalized spacial score (nSPS) is 17.2. The number of pyridine rings is 1. The van der Waals surface area contributed by atoms with Crippen LogP contribution < -0.4 is 10.9 Å². The maximum atomic E-state index is 11.7. The van der Waals surface area contributed by atoms with Gasteiger partial charge in [-0.15, -0.1) is 0 Å². The van der Waals surface area contributed by atoms with Gasteiger partial charge in [-0.2, -0.15) is 0 Å². The molecule has 1 aliphatic rings. The van der Waals surface area contributed by atoms with E-state index in [0.29, 0.717) is 5.92 Å². The second-order valence-corrected chi connectivity index (χ2v) is 5.07. The molecule has 0 spiro atoms. The predicted octanol–water partition coefficient (Wildman–Crippen LogP) is 2.01. The van der Waals surface area contributed by atoms with E-state index in [-0.39, 0.29) is 5.56 Å². The summed E-state index contributed by atoms with van der Waals surface area (Å²) < 4.78 is 1.74. The summed E-state index contributed by atoms with van der Waals surface area (Å²) in [4.78, 5) is 11.7. The summed E-state index contributed by atoms with van der Waals surface area (Å²) in [7, 11) is 1.84. The van der Waals surface area contributed by atoms with Gasteiger partial charge in [0.05, 0.1) is 5.52 Å². The van der Waals surface area contributed by atoms with Crippen LogP contribution in [0.2, 0.25) is 0 Å². The molecular formula is C15H18N2O. The molecular weight excluding hydrogens is 224 g/mol. The molecule has 2 heterocycles. The number of fused-ring (bicyclic) bond motifs is 1. The Morgan fingerprint density at radius 1 is 1.17 bits per heavy atom. The average Bonchev–Trinajstić information content (AvgIpc) is 2.44. The first-order valence-electron chi connectivity index (χ1n) is 6.56. The average molecular weight is 242 g/mol. The highest BCUT2D eigenvalue weighted by atomic mass is 16.1. The van der Waals surface area contributed by atoms with Crippen molar-refractivity contribution in [3.05, 3.63) is 46.2 Å². The topological polar surface area (TPSA) is 34.0 Å². The lowest BCUT2D eigenvalue weighted by atomic mass is 9.89. The molecule has 2 aromatic rings. The van der Waals surface area contributed by atoms with Crippen LogP contribution in [-0.4, -0.2) is 17.7 Å². The lowest BCUT2D eigenvalue weighted by Gasteiger charge is -2.23. The van der Waals surface area contributed by atoms with Crippen molar-refractivity contribution in [2.75, 3.05) is 13.1 Å². The van der Waals surface area contributed by atoms with E-state index in [0.717, 1.165) is 24.0 Å². The first-order valence-corrected chi connectivity index (χ1v) is 6.56. The van der Waals surface area contributed by atoms with E-state index in [9.17, 15) is 4.79 Å². The molecule has 3 rings (SSSR count). The van der Waals surface area contributed by atoms with E-state index in [1.165, 1.54) is 18.4 Å². The maximum Gasteiger partial charge on any atom is 0.250 e. The number of rotatable bonds is 1. The second-order valence-electron chi connectivity index (χ2n) is 5.07. The zero-order valence-corrected chi connectivity index (χ0v) is 10.6. The molecule has 0 saturated carbocycles. The largest absolute Gasteiger partial charge is 0.317 e. The van der Waals surface area contributed by atoms with Crippen LogP contribution in [0, 0.1) is 0 Å². The highest BCUT2D eigenvalue weighted by Gasteiger charge is 2.15. The van der Waals surface area contributed by atoms with Crippen LogP contribution in [0.4, 0.5) is 0 Å². The quantitative estimate of drug-likeness (QED) is 0.830. The minimum Gasteiger partial charge on any atom is -0.317 e. The molecule has 3 nitrogen and oxygen atoms in total. The first-order chi connectivity index (χ1) is 8.75. The number of aryl methyl sites for hydroxylation is 1. The van der Waals surface area contributed by atoms with Gasteiger partial charge in [-0.25, -0.2) is 0 Å². The number of piperidine rings is 1. The Hall–Kier alpha value is -1.61. The molecule has 3 heteroatoms. The lowest BCUT2D eigenvalue weighted by molar-refractivity contribution is 0.460. The molecule has 1 saturated heterocycles. The van der Waals surface area contributed by atoms with E-state index in [4.69, 9.17) is 0 Å². The van der Waals surface area contributed by atoms with Crippen molar-refractivity contribution < 1.29 is 0 Å². The number of hydrogen-bond donors (Lipinski definition) is 1. The second kappa shape index (κ2) is 4.58. The van der Waals surface area contributed by atoms with Crippen molar-refractivity contribution in [1.29, 1.82) is 0 Å². The monoisotopic (exact) mass is 242 g/mol. The molecule has 18 heavy (non-hydrogen) atoms. The molecule has 1 fully saturated rings. The zero-order valence-electron chi connectivity index (χ0n) is 10.6. The van der Waals surface area contributed by atoms with Crippen molar-refractivity contribution in [1.82, 2.24) is 9.88 Å². The molecule has 0 aliphatic carbocycles. The number of nitrogens with one attached hydrogen (secondary N) is 1. The van der Waals surface area contributed by atoms with Gasteiger partial charge in [0.1, 0.15) is 0 Å². The van der Waals surface area contributed by atoms with Crippen molar-refractivity contribution in [3.8, 4) is 0 Å². The molecule has 1 aliphatic heterocycles. The number of hydrogen-bond acceptors (Lipinski definition) is 2. The van der Waals surface area contributed by atoms with Crippen LogP contribution in [0.5, 0.6) is 0 Å². The highest BCUT2D eigenvalue weighted by molar-refractivity contribution is 5.79. The van der Waals surface area contributed by atoms with Gasteiger partial charge in [-0.3, -0.25) is 4.79 Å². The van der Waals surface area contributed by atoms with E-state index >= 15 is 0 Å². The molecule has 94 valence electrons. The van der Waals surface area contributed by atoms with E-state index in [1.807, 2.05) is 13.1 Å². The third kappa shape index (κ3) is 1.95. The summed E-state index contributed by atoms with van der Waals surface area (Å²) in [5, 5.41) is 4.52. The number of benzene rings is 1. The van der Waals surface area contributed by atoms with E-state index < -0.39 is 0 Å². The number of aromatic nitrogens is 1. The van der Waals surface area contributed by atoms with Crippen molar-refractivity contribution in [2.45, 2.75) is 18.8 Å². The highest BCUT2D eigenvalue weighted by Crippen LogP contribution is 2.27. The Labute approximate surface area is 106 Å². The van der Waals surface area contributed by atoms with E-state index in [1.54, 1.807) is 10.6 Å². The summed E-state index contributed by atoms with van der Waals surface area (Å²) >= 11 is 0. The van der Waals surface area contributed by atoms with Gasteiger partial charge in [-0.1, -0.05) is 12.1 Å². The van der Waals surface area contributed by atoms with Crippen LogP contribution in [0.15, 0.2) is 35.1 Å². The fourth-order valence-electron chi connectivity index (χ4n) is 2.79. The molecule has 0 amide bonds. The standard InChI is InChI=1S/C15H18N2O/c1-17-14-10-13(11-6-8-16-9-7-11)3-2-12(14)4-5-15(17)18/h2-5,10-11,16H,6-9H2,1H3. The van der Waals surface area contributed by atoms with E-state index in [2.05, 4.69) is 23.5 Å². The summed E-state index contributed by atoms with van der Waals surface area (Å²) in [5.41, 5.74) is 2.47. The molecule has 1 N–H and O–H groups in total. The van der Waals surface area contributed by atoms with Crippen molar-refractivity contribution in [2.24, 2.45) is 7.05 Å².